The number of carbonyl (C=O) groups excluding carboxylic acids is 1. The molecule has 2 N–H and O–H groups in total. The molecule has 1 aromatic rings. The molecule has 1 unspecified atom stereocenters. The summed E-state index contributed by atoms with van der Waals surface area (Å²) in [4.78, 5) is 18.4. The van der Waals surface area contributed by atoms with Gasteiger partial charge in [0.1, 0.15) is 17.9 Å². The minimum absolute atomic E-state index is 0.0675. The standard InChI is InChI=1S/C14H19N5O/c1-9-6-10(2)18-13(11(9)7-15)19-5-4-17-8-12(19)14(20)16-3/h6,12,17H,4-5,8H2,1-3H3,(H,16,20). The molecule has 1 atom stereocenters. The second-order valence-corrected chi connectivity index (χ2v) is 4.92. The van der Waals surface area contributed by atoms with E-state index in [1.54, 1.807) is 7.05 Å². The number of carbonyl (C=O) groups is 1. The van der Waals surface area contributed by atoms with Crippen molar-refractivity contribution in [1.29, 1.82) is 5.26 Å². The van der Waals surface area contributed by atoms with E-state index in [0.717, 1.165) is 17.8 Å². The van der Waals surface area contributed by atoms with Crippen molar-refractivity contribution in [1.82, 2.24) is 15.6 Å². The highest BCUT2D eigenvalue weighted by Gasteiger charge is 2.30. The van der Waals surface area contributed by atoms with Gasteiger partial charge in [-0.15, -0.1) is 0 Å². The second kappa shape index (κ2) is 5.88. The number of rotatable bonds is 2. The Morgan fingerprint density at radius 1 is 1.60 bits per heavy atom. The summed E-state index contributed by atoms with van der Waals surface area (Å²) in [5.74, 6) is 0.544. The predicted molar refractivity (Wildman–Crippen MR) is 76.5 cm³/mol. The summed E-state index contributed by atoms with van der Waals surface area (Å²) < 4.78 is 0. The van der Waals surface area contributed by atoms with Gasteiger partial charge in [-0.2, -0.15) is 5.26 Å². The van der Waals surface area contributed by atoms with Crippen molar-refractivity contribution in [3.8, 4) is 6.07 Å². The van der Waals surface area contributed by atoms with Crippen molar-refractivity contribution in [2.24, 2.45) is 0 Å². The van der Waals surface area contributed by atoms with E-state index in [2.05, 4.69) is 21.7 Å². The van der Waals surface area contributed by atoms with Crippen LogP contribution in [-0.2, 0) is 4.79 Å². The molecule has 1 aromatic heterocycles. The molecule has 1 saturated heterocycles. The zero-order chi connectivity index (χ0) is 14.7. The van der Waals surface area contributed by atoms with Crippen molar-refractivity contribution >= 4 is 11.7 Å². The molecule has 106 valence electrons. The van der Waals surface area contributed by atoms with Crippen LogP contribution in [0.3, 0.4) is 0 Å². The SMILES string of the molecule is CNC(=O)C1CNCCN1c1nc(C)cc(C)c1C#N. The van der Waals surface area contributed by atoms with E-state index < -0.39 is 0 Å². The monoisotopic (exact) mass is 273 g/mol. The number of hydrogen-bond donors (Lipinski definition) is 2. The molecule has 1 amide bonds. The number of aryl methyl sites for hydroxylation is 2. The van der Waals surface area contributed by atoms with Crippen LogP contribution < -0.4 is 15.5 Å². The van der Waals surface area contributed by atoms with E-state index in [1.807, 2.05) is 24.8 Å². The lowest BCUT2D eigenvalue weighted by Gasteiger charge is -2.36. The number of nitrogens with zero attached hydrogens (tertiary/aromatic N) is 3. The number of nitriles is 1. The summed E-state index contributed by atoms with van der Waals surface area (Å²) in [5, 5.41) is 15.2. The lowest BCUT2D eigenvalue weighted by atomic mass is 10.1. The number of likely N-dealkylation sites (N-methyl/N-ethyl adjacent to an activating group) is 1. The third-order valence-electron chi connectivity index (χ3n) is 3.50. The molecule has 0 aliphatic carbocycles. The van der Waals surface area contributed by atoms with Crippen LogP contribution in [0.5, 0.6) is 0 Å². The number of pyridine rings is 1. The maximum absolute atomic E-state index is 12.0. The molecule has 1 fully saturated rings. The Morgan fingerprint density at radius 2 is 2.35 bits per heavy atom. The van der Waals surface area contributed by atoms with Crippen LogP contribution in [0.1, 0.15) is 16.8 Å². The smallest absolute Gasteiger partial charge is 0.243 e. The largest absolute Gasteiger partial charge is 0.357 e. The molecule has 6 nitrogen and oxygen atoms in total. The van der Waals surface area contributed by atoms with Crippen LogP contribution in [0.25, 0.3) is 0 Å². The molecule has 6 heteroatoms. The molecular weight excluding hydrogens is 254 g/mol. The minimum Gasteiger partial charge on any atom is -0.357 e. The number of aromatic nitrogens is 1. The van der Waals surface area contributed by atoms with Gasteiger partial charge < -0.3 is 15.5 Å². The first kappa shape index (κ1) is 14.3. The van der Waals surface area contributed by atoms with Crippen LogP contribution in [0, 0.1) is 25.2 Å². The van der Waals surface area contributed by atoms with Gasteiger partial charge in [-0.1, -0.05) is 0 Å². The van der Waals surface area contributed by atoms with Crippen LogP contribution in [0.15, 0.2) is 6.07 Å². The first-order chi connectivity index (χ1) is 9.58. The summed E-state index contributed by atoms with van der Waals surface area (Å²) in [5.41, 5.74) is 2.29. The summed E-state index contributed by atoms with van der Waals surface area (Å²) in [7, 11) is 1.62. The van der Waals surface area contributed by atoms with E-state index in [-0.39, 0.29) is 11.9 Å². The van der Waals surface area contributed by atoms with Crippen molar-refractivity contribution in [2.45, 2.75) is 19.9 Å². The minimum atomic E-state index is -0.338. The Kier molecular flexibility index (Phi) is 4.20. The fraction of sp³-hybridized carbons (Fsp3) is 0.500. The normalized spacial score (nSPS) is 18.5. The lowest BCUT2D eigenvalue weighted by Crippen LogP contribution is -2.58. The number of amides is 1. The molecule has 2 rings (SSSR count). The quantitative estimate of drug-likeness (QED) is 0.798. The Morgan fingerprint density at radius 3 is 3.00 bits per heavy atom. The van der Waals surface area contributed by atoms with E-state index >= 15 is 0 Å². The van der Waals surface area contributed by atoms with E-state index in [4.69, 9.17) is 0 Å². The fourth-order valence-corrected chi connectivity index (χ4v) is 2.52. The Labute approximate surface area is 118 Å². The van der Waals surface area contributed by atoms with E-state index in [0.29, 0.717) is 24.5 Å². The molecule has 1 aliphatic heterocycles. The zero-order valence-corrected chi connectivity index (χ0v) is 12.0. The number of nitrogens with one attached hydrogen (secondary N) is 2. The van der Waals surface area contributed by atoms with Crippen molar-refractivity contribution in [3.05, 3.63) is 22.9 Å². The highest BCUT2D eigenvalue weighted by atomic mass is 16.2. The molecule has 20 heavy (non-hydrogen) atoms. The van der Waals surface area contributed by atoms with Crippen molar-refractivity contribution in [3.63, 3.8) is 0 Å². The predicted octanol–water partition coefficient (Wildman–Crippen LogP) is 0.0943. The van der Waals surface area contributed by atoms with Gasteiger partial charge in [-0.05, 0) is 25.5 Å². The van der Waals surface area contributed by atoms with Crippen LogP contribution >= 0.6 is 0 Å². The number of piperazine rings is 1. The number of anilines is 1. The third kappa shape index (κ3) is 2.58. The van der Waals surface area contributed by atoms with E-state index in [1.165, 1.54) is 0 Å². The molecular formula is C14H19N5O. The first-order valence-corrected chi connectivity index (χ1v) is 6.65. The topological polar surface area (TPSA) is 81.1 Å². The van der Waals surface area contributed by atoms with Gasteiger partial charge in [0.2, 0.25) is 5.91 Å². The van der Waals surface area contributed by atoms with Crippen LogP contribution in [0.4, 0.5) is 5.82 Å². The first-order valence-electron chi connectivity index (χ1n) is 6.65. The van der Waals surface area contributed by atoms with Gasteiger partial charge in [0.05, 0.1) is 5.56 Å². The molecule has 0 spiro atoms. The summed E-state index contributed by atoms with van der Waals surface area (Å²) in [6, 6.07) is 3.76. The molecule has 2 heterocycles. The number of hydrogen-bond acceptors (Lipinski definition) is 5. The van der Waals surface area contributed by atoms with Gasteiger partial charge in [0.25, 0.3) is 0 Å². The molecule has 0 bridgehead atoms. The van der Waals surface area contributed by atoms with Gasteiger partial charge in [-0.25, -0.2) is 4.98 Å². The highest BCUT2D eigenvalue weighted by molar-refractivity contribution is 5.85. The maximum Gasteiger partial charge on any atom is 0.243 e. The van der Waals surface area contributed by atoms with E-state index in [9.17, 15) is 10.1 Å². The van der Waals surface area contributed by atoms with Gasteiger partial charge in [-0.3, -0.25) is 4.79 Å². The lowest BCUT2D eigenvalue weighted by molar-refractivity contribution is -0.122. The van der Waals surface area contributed by atoms with Gasteiger partial charge in [0.15, 0.2) is 0 Å². The second-order valence-electron chi connectivity index (χ2n) is 4.92. The summed E-state index contributed by atoms with van der Waals surface area (Å²) >= 11 is 0. The summed E-state index contributed by atoms with van der Waals surface area (Å²) in [6.07, 6.45) is 0. The zero-order valence-electron chi connectivity index (χ0n) is 12.0. The summed E-state index contributed by atoms with van der Waals surface area (Å²) in [6.45, 7) is 5.78. The van der Waals surface area contributed by atoms with Crippen LogP contribution in [0.2, 0.25) is 0 Å². The fourth-order valence-electron chi connectivity index (χ4n) is 2.52. The Hall–Kier alpha value is -2.13. The van der Waals surface area contributed by atoms with Crippen LogP contribution in [-0.4, -0.2) is 43.6 Å². The Bertz CT molecular complexity index is 563. The van der Waals surface area contributed by atoms with Crippen molar-refractivity contribution in [2.75, 3.05) is 31.6 Å². The average molecular weight is 273 g/mol. The molecule has 0 radical (unpaired) electrons. The maximum atomic E-state index is 12.0. The Balaban J connectivity index is 2.47. The third-order valence-corrected chi connectivity index (χ3v) is 3.50. The van der Waals surface area contributed by atoms with Crippen molar-refractivity contribution < 1.29 is 4.79 Å². The van der Waals surface area contributed by atoms with Gasteiger partial charge >= 0.3 is 0 Å². The highest BCUT2D eigenvalue weighted by Crippen LogP contribution is 2.24. The molecule has 1 aliphatic rings. The molecule has 0 aromatic carbocycles. The molecule has 0 saturated carbocycles. The van der Waals surface area contributed by atoms with Gasteiger partial charge in [0, 0.05) is 32.4 Å². The average Bonchev–Trinajstić information content (AvgIpc) is 2.45.